The minimum absolute atomic E-state index is 0.511. The second-order valence-electron chi connectivity index (χ2n) is 3.71. The van der Waals surface area contributed by atoms with Gasteiger partial charge in [-0.25, -0.2) is 0 Å². The summed E-state index contributed by atoms with van der Waals surface area (Å²) in [6.07, 6.45) is 1.19. The lowest BCUT2D eigenvalue weighted by atomic mass is 10.2. The van der Waals surface area contributed by atoms with E-state index in [-0.39, 0.29) is 0 Å². The van der Waals surface area contributed by atoms with E-state index in [2.05, 4.69) is 39.5 Å². The highest BCUT2D eigenvalue weighted by molar-refractivity contribution is 8.22. The molecular formula is C10H21NS2. The molecule has 0 heterocycles. The maximum absolute atomic E-state index is 5.38. The van der Waals surface area contributed by atoms with Crippen molar-refractivity contribution < 1.29 is 0 Å². The molecule has 1 nitrogen and oxygen atoms in total. The van der Waals surface area contributed by atoms with E-state index >= 15 is 0 Å². The van der Waals surface area contributed by atoms with Gasteiger partial charge in [-0.3, -0.25) is 0 Å². The quantitative estimate of drug-likeness (QED) is 0.666. The standard InChI is InChI=1S/C10H21NS2/c1-6-7-13-10(12)11(8(2)3)9(4)5/h8-9H,6-7H2,1-5H3. The van der Waals surface area contributed by atoms with Gasteiger partial charge in [0.05, 0.1) is 0 Å². The van der Waals surface area contributed by atoms with Crippen LogP contribution in [0.1, 0.15) is 41.0 Å². The Bertz CT molecular complexity index is 147. The highest BCUT2D eigenvalue weighted by Crippen LogP contribution is 2.16. The van der Waals surface area contributed by atoms with E-state index in [9.17, 15) is 0 Å². The third-order valence-electron chi connectivity index (χ3n) is 1.75. The molecule has 0 rings (SSSR count). The number of nitrogens with zero attached hydrogens (tertiary/aromatic N) is 1. The molecule has 0 aliphatic heterocycles. The average Bonchev–Trinajstić information content (AvgIpc) is 1.99. The minimum Gasteiger partial charge on any atom is -0.353 e. The zero-order chi connectivity index (χ0) is 10.4. The molecule has 0 amide bonds. The number of hydrogen-bond donors (Lipinski definition) is 0. The number of hydrogen-bond acceptors (Lipinski definition) is 2. The summed E-state index contributed by atoms with van der Waals surface area (Å²) in [5.41, 5.74) is 0. The van der Waals surface area contributed by atoms with Crippen LogP contribution < -0.4 is 0 Å². The summed E-state index contributed by atoms with van der Waals surface area (Å²) >= 11 is 7.18. The molecule has 0 aromatic carbocycles. The molecule has 0 N–H and O–H groups in total. The van der Waals surface area contributed by atoms with Gasteiger partial charge in [-0.05, 0) is 39.9 Å². The Balaban J connectivity index is 4.13. The van der Waals surface area contributed by atoms with Gasteiger partial charge >= 0.3 is 0 Å². The third kappa shape index (κ3) is 4.87. The summed E-state index contributed by atoms with van der Waals surface area (Å²) in [4.78, 5) is 2.30. The fourth-order valence-electron chi connectivity index (χ4n) is 1.28. The zero-order valence-corrected chi connectivity index (χ0v) is 11.0. The van der Waals surface area contributed by atoms with Crippen LogP contribution >= 0.6 is 24.0 Å². The first-order chi connectivity index (χ1) is 6.00. The van der Waals surface area contributed by atoms with Crippen molar-refractivity contribution in [1.29, 1.82) is 0 Å². The van der Waals surface area contributed by atoms with Crippen molar-refractivity contribution >= 4 is 28.3 Å². The molecule has 13 heavy (non-hydrogen) atoms. The van der Waals surface area contributed by atoms with Gasteiger partial charge < -0.3 is 4.90 Å². The molecule has 0 spiro atoms. The van der Waals surface area contributed by atoms with Crippen LogP contribution in [0.2, 0.25) is 0 Å². The molecule has 0 saturated heterocycles. The van der Waals surface area contributed by atoms with Crippen LogP contribution in [0.3, 0.4) is 0 Å². The van der Waals surface area contributed by atoms with E-state index in [1.807, 2.05) is 0 Å². The van der Waals surface area contributed by atoms with Crippen molar-refractivity contribution in [2.24, 2.45) is 0 Å². The van der Waals surface area contributed by atoms with Gasteiger partial charge in [0.15, 0.2) is 0 Å². The molecule has 0 aliphatic carbocycles. The molecule has 0 bridgehead atoms. The molecule has 0 unspecified atom stereocenters. The molecule has 0 atom stereocenters. The summed E-state index contributed by atoms with van der Waals surface area (Å²) in [5.74, 6) is 1.13. The smallest absolute Gasteiger partial charge is 0.136 e. The highest BCUT2D eigenvalue weighted by Gasteiger charge is 2.16. The second kappa shape index (κ2) is 6.66. The van der Waals surface area contributed by atoms with Crippen molar-refractivity contribution in [3.63, 3.8) is 0 Å². The Kier molecular flexibility index (Phi) is 6.78. The van der Waals surface area contributed by atoms with Crippen LogP contribution in [0.5, 0.6) is 0 Å². The topological polar surface area (TPSA) is 3.24 Å². The van der Waals surface area contributed by atoms with Gasteiger partial charge in [0.2, 0.25) is 0 Å². The average molecular weight is 219 g/mol. The molecule has 78 valence electrons. The fraction of sp³-hybridized carbons (Fsp3) is 0.900. The molecule has 0 aromatic rings. The molecule has 0 aliphatic rings. The second-order valence-corrected chi connectivity index (χ2v) is 5.44. The fourth-order valence-corrected chi connectivity index (χ4v) is 2.90. The van der Waals surface area contributed by atoms with Gasteiger partial charge in [0.25, 0.3) is 0 Å². The van der Waals surface area contributed by atoms with E-state index in [1.54, 1.807) is 11.8 Å². The normalized spacial score (nSPS) is 11.0. The Morgan fingerprint density at radius 1 is 1.23 bits per heavy atom. The van der Waals surface area contributed by atoms with Crippen molar-refractivity contribution in [2.45, 2.75) is 53.1 Å². The van der Waals surface area contributed by atoms with Crippen molar-refractivity contribution in [3.05, 3.63) is 0 Å². The Labute approximate surface area is 92.3 Å². The molecule has 3 heteroatoms. The lowest BCUT2D eigenvalue weighted by Crippen LogP contribution is -2.39. The van der Waals surface area contributed by atoms with Crippen LogP contribution in [0.25, 0.3) is 0 Å². The summed E-state index contributed by atoms with van der Waals surface area (Å²) in [6.45, 7) is 11.0. The van der Waals surface area contributed by atoms with Crippen molar-refractivity contribution in [2.75, 3.05) is 5.75 Å². The van der Waals surface area contributed by atoms with Crippen molar-refractivity contribution in [1.82, 2.24) is 4.90 Å². The van der Waals surface area contributed by atoms with E-state index in [0.29, 0.717) is 12.1 Å². The SMILES string of the molecule is CCCSC(=S)N(C(C)C)C(C)C. The third-order valence-corrected chi connectivity index (χ3v) is 3.39. The van der Waals surface area contributed by atoms with Gasteiger partial charge in [0, 0.05) is 12.1 Å². The van der Waals surface area contributed by atoms with Crippen LogP contribution in [-0.4, -0.2) is 27.1 Å². The zero-order valence-electron chi connectivity index (χ0n) is 9.33. The van der Waals surface area contributed by atoms with E-state index in [0.717, 1.165) is 10.1 Å². The predicted molar refractivity (Wildman–Crippen MR) is 67.5 cm³/mol. The lowest BCUT2D eigenvalue weighted by Gasteiger charge is -2.32. The molecule has 0 saturated carbocycles. The largest absolute Gasteiger partial charge is 0.353 e. The van der Waals surface area contributed by atoms with Gasteiger partial charge in [-0.1, -0.05) is 30.9 Å². The summed E-state index contributed by atoms with van der Waals surface area (Å²) in [5, 5.41) is 0. The molecule has 0 radical (unpaired) electrons. The predicted octanol–water partition coefficient (Wildman–Crippen LogP) is 3.53. The first-order valence-corrected chi connectivity index (χ1v) is 6.35. The molecule has 0 aromatic heterocycles. The number of rotatable bonds is 4. The van der Waals surface area contributed by atoms with E-state index < -0.39 is 0 Å². The Morgan fingerprint density at radius 2 is 1.69 bits per heavy atom. The lowest BCUT2D eigenvalue weighted by molar-refractivity contribution is 0.303. The van der Waals surface area contributed by atoms with E-state index in [1.165, 1.54) is 6.42 Å². The van der Waals surface area contributed by atoms with E-state index in [4.69, 9.17) is 12.2 Å². The Hall–Kier alpha value is 0.240. The number of thioether (sulfide) groups is 1. The Morgan fingerprint density at radius 3 is 2.00 bits per heavy atom. The first kappa shape index (κ1) is 13.2. The molecular weight excluding hydrogens is 198 g/mol. The van der Waals surface area contributed by atoms with Crippen LogP contribution in [0, 0.1) is 0 Å². The summed E-state index contributed by atoms with van der Waals surface area (Å²) in [6, 6.07) is 1.02. The minimum atomic E-state index is 0.511. The van der Waals surface area contributed by atoms with Crippen molar-refractivity contribution in [3.8, 4) is 0 Å². The van der Waals surface area contributed by atoms with Crippen LogP contribution in [-0.2, 0) is 0 Å². The maximum atomic E-state index is 5.38. The first-order valence-electron chi connectivity index (χ1n) is 4.95. The maximum Gasteiger partial charge on any atom is 0.136 e. The van der Waals surface area contributed by atoms with Crippen LogP contribution in [0.15, 0.2) is 0 Å². The highest BCUT2D eigenvalue weighted by atomic mass is 32.2. The van der Waals surface area contributed by atoms with Gasteiger partial charge in [-0.15, -0.1) is 0 Å². The summed E-state index contributed by atoms with van der Waals surface area (Å²) in [7, 11) is 0. The number of thiocarbonyl (C=S) groups is 1. The van der Waals surface area contributed by atoms with Gasteiger partial charge in [0.1, 0.15) is 4.32 Å². The van der Waals surface area contributed by atoms with Gasteiger partial charge in [-0.2, -0.15) is 0 Å². The molecule has 0 fully saturated rings. The summed E-state index contributed by atoms with van der Waals surface area (Å²) < 4.78 is 1.05. The van der Waals surface area contributed by atoms with Crippen LogP contribution in [0.4, 0.5) is 0 Å². The monoisotopic (exact) mass is 219 g/mol.